The van der Waals surface area contributed by atoms with Crippen molar-refractivity contribution in [2.24, 2.45) is 4.40 Å². The molecule has 0 radical (unpaired) electrons. The number of rotatable bonds is 2. The lowest BCUT2D eigenvalue weighted by Crippen LogP contribution is -2.38. The first-order valence-corrected chi connectivity index (χ1v) is 9.49. The van der Waals surface area contributed by atoms with Crippen molar-refractivity contribution < 1.29 is 13.2 Å². The molecule has 0 amide bonds. The van der Waals surface area contributed by atoms with E-state index < -0.39 is 10.9 Å². The van der Waals surface area contributed by atoms with Crippen molar-refractivity contribution >= 4 is 56.8 Å². The van der Waals surface area contributed by atoms with Crippen molar-refractivity contribution in [1.82, 2.24) is 0 Å². The van der Waals surface area contributed by atoms with Crippen LogP contribution in [0.5, 0.6) is 0 Å². The zero-order valence-electron chi connectivity index (χ0n) is 12.8. The second-order valence-electron chi connectivity index (χ2n) is 5.75. The Morgan fingerprint density at radius 2 is 1.76 bits per heavy atom. The summed E-state index contributed by atoms with van der Waals surface area (Å²) in [6.45, 7) is 1.88. The Kier molecular flexibility index (Phi) is 5.19. The van der Waals surface area contributed by atoms with E-state index in [1.54, 1.807) is 6.07 Å². The van der Waals surface area contributed by atoms with Gasteiger partial charge < -0.3 is 0 Å². The predicted molar refractivity (Wildman–Crippen MR) is 102 cm³/mol. The highest BCUT2D eigenvalue weighted by molar-refractivity contribution is 9.10. The van der Waals surface area contributed by atoms with E-state index in [1.807, 2.05) is 19.1 Å². The summed E-state index contributed by atoms with van der Waals surface area (Å²) in [7, 11) is 0. The summed E-state index contributed by atoms with van der Waals surface area (Å²) >= 11 is 15.8. The van der Waals surface area contributed by atoms with Crippen LogP contribution in [0.25, 0.3) is 0 Å². The standard InChI is InChI=1S/C17H11BrCl2F3NS/c1-9-4-10(2-3-14(9)18)15-8-16(25-24-15,17(21,22)23)11-5-12(19)7-13(20)6-11/h2-7H,8H2,1H3. The molecule has 0 bridgehead atoms. The number of halogens is 6. The summed E-state index contributed by atoms with van der Waals surface area (Å²) in [5, 5.41) is 0.333. The molecule has 1 aliphatic heterocycles. The Labute approximate surface area is 165 Å². The first-order valence-electron chi connectivity index (χ1n) is 7.17. The zero-order chi connectivity index (χ0) is 18.4. The maximum Gasteiger partial charge on any atom is 0.409 e. The fraction of sp³-hybridized carbons (Fsp3) is 0.235. The second kappa shape index (κ2) is 6.80. The molecular weight excluding hydrogens is 458 g/mol. The first-order chi connectivity index (χ1) is 11.6. The van der Waals surface area contributed by atoms with Gasteiger partial charge in [-0.15, -0.1) is 0 Å². The molecule has 0 N–H and O–H groups in total. The molecule has 0 saturated heterocycles. The van der Waals surface area contributed by atoms with E-state index in [1.165, 1.54) is 18.2 Å². The van der Waals surface area contributed by atoms with E-state index in [2.05, 4.69) is 20.3 Å². The van der Waals surface area contributed by atoms with Gasteiger partial charge in [0.25, 0.3) is 0 Å². The highest BCUT2D eigenvalue weighted by Crippen LogP contribution is 2.57. The lowest BCUT2D eigenvalue weighted by molar-refractivity contribution is -0.159. The van der Waals surface area contributed by atoms with Crippen molar-refractivity contribution in [3.8, 4) is 0 Å². The van der Waals surface area contributed by atoms with Crippen LogP contribution in [-0.4, -0.2) is 11.9 Å². The fourth-order valence-corrected chi connectivity index (χ4v) is 4.41. The second-order valence-corrected chi connectivity index (χ2v) is 8.54. The lowest BCUT2D eigenvalue weighted by atomic mass is 9.89. The Balaban J connectivity index is 2.04. The van der Waals surface area contributed by atoms with Crippen LogP contribution in [-0.2, 0) is 4.75 Å². The van der Waals surface area contributed by atoms with Crippen LogP contribution in [0.4, 0.5) is 13.2 Å². The Bertz CT molecular complexity index is 849. The molecule has 3 rings (SSSR count). The monoisotopic (exact) mass is 467 g/mol. The molecule has 1 nitrogen and oxygen atoms in total. The quantitative estimate of drug-likeness (QED) is 0.419. The number of nitrogens with zero attached hydrogens (tertiary/aromatic N) is 1. The predicted octanol–water partition coefficient (Wildman–Crippen LogP) is 7.36. The van der Waals surface area contributed by atoms with E-state index in [9.17, 15) is 13.2 Å². The van der Waals surface area contributed by atoms with Crippen LogP contribution in [0.3, 0.4) is 0 Å². The van der Waals surface area contributed by atoms with Crippen LogP contribution in [0.15, 0.2) is 45.3 Å². The average molecular weight is 469 g/mol. The molecule has 132 valence electrons. The Morgan fingerprint density at radius 1 is 1.12 bits per heavy atom. The van der Waals surface area contributed by atoms with Crippen molar-refractivity contribution in [3.63, 3.8) is 0 Å². The van der Waals surface area contributed by atoms with Gasteiger partial charge in [0.2, 0.25) is 0 Å². The summed E-state index contributed by atoms with van der Waals surface area (Å²) in [6, 6.07) is 9.41. The third kappa shape index (κ3) is 3.59. The van der Waals surface area contributed by atoms with Crippen molar-refractivity contribution in [1.29, 1.82) is 0 Å². The topological polar surface area (TPSA) is 12.4 Å². The minimum absolute atomic E-state index is 0.00934. The number of hydrogen-bond acceptors (Lipinski definition) is 2. The summed E-state index contributed by atoms with van der Waals surface area (Å²) < 4.78 is 44.9. The number of aryl methyl sites for hydroxylation is 1. The van der Waals surface area contributed by atoms with Crippen LogP contribution in [0, 0.1) is 6.92 Å². The van der Waals surface area contributed by atoms with E-state index in [4.69, 9.17) is 23.2 Å². The molecular formula is C17H11BrCl2F3NS. The van der Waals surface area contributed by atoms with Gasteiger partial charge in [0.05, 0.1) is 5.71 Å². The van der Waals surface area contributed by atoms with E-state index in [0.29, 0.717) is 23.2 Å². The van der Waals surface area contributed by atoms with Gasteiger partial charge in [-0.3, -0.25) is 0 Å². The molecule has 1 atom stereocenters. The van der Waals surface area contributed by atoms with Gasteiger partial charge in [0, 0.05) is 20.9 Å². The molecule has 2 aromatic carbocycles. The van der Waals surface area contributed by atoms with Crippen LogP contribution >= 0.6 is 51.1 Å². The van der Waals surface area contributed by atoms with Gasteiger partial charge >= 0.3 is 6.18 Å². The van der Waals surface area contributed by atoms with E-state index in [0.717, 1.165) is 10.0 Å². The summed E-state index contributed by atoms with van der Waals surface area (Å²) in [5.41, 5.74) is 2.01. The average Bonchev–Trinajstić information content (AvgIpc) is 2.95. The maximum absolute atomic E-state index is 14.0. The number of alkyl halides is 3. The third-order valence-corrected chi connectivity index (χ3v) is 6.57. The third-order valence-electron chi connectivity index (χ3n) is 4.01. The number of hydrogen-bond donors (Lipinski definition) is 0. The molecule has 8 heteroatoms. The van der Waals surface area contributed by atoms with Gasteiger partial charge in [-0.05, 0) is 65.9 Å². The molecule has 0 aliphatic carbocycles. The molecule has 1 heterocycles. The van der Waals surface area contributed by atoms with Crippen molar-refractivity contribution in [2.45, 2.75) is 24.3 Å². The van der Waals surface area contributed by atoms with E-state index in [-0.39, 0.29) is 22.0 Å². The minimum atomic E-state index is -4.51. The largest absolute Gasteiger partial charge is 0.409 e. The van der Waals surface area contributed by atoms with Gasteiger partial charge in [0.15, 0.2) is 4.75 Å². The maximum atomic E-state index is 14.0. The van der Waals surface area contributed by atoms with Crippen molar-refractivity contribution in [3.05, 3.63) is 67.6 Å². The van der Waals surface area contributed by atoms with E-state index >= 15 is 0 Å². The molecule has 2 aromatic rings. The normalized spacial score (nSPS) is 20.7. The van der Waals surface area contributed by atoms with Crippen LogP contribution in [0.1, 0.15) is 23.1 Å². The summed E-state index contributed by atoms with van der Waals surface area (Å²) in [4.78, 5) is 0. The molecule has 0 spiro atoms. The van der Waals surface area contributed by atoms with Gasteiger partial charge in [-0.1, -0.05) is 45.2 Å². The number of benzene rings is 2. The van der Waals surface area contributed by atoms with Crippen LogP contribution in [0.2, 0.25) is 10.0 Å². The molecule has 25 heavy (non-hydrogen) atoms. The van der Waals surface area contributed by atoms with Crippen molar-refractivity contribution in [2.75, 3.05) is 0 Å². The van der Waals surface area contributed by atoms with Gasteiger partial charge in [-0.2, -0.15) is 13.2 Å². The fourth-order valence-electron chi connectivity index (χ4n) is 2.67. The Hall–Kier alpha value is -0.690. The molecule has 0 fully saturated rings. The lowest BCUT2D eigenvalue weighted by Gasteiger charge is -2.30. The summed E-state index contributed by atoms with van der Waals surface area (Å²) in [5.74, 6) is 0. The van der Waals surface area contributed by atoms with Crippen LogP contribution < -0.4 is 0 Å². The first kappa shape index (κ1) is 19.1. The molecule has 0 saturated carbocycles. The Morgan fingerprint density at radius 3 is 2.32 bits per heavy atom. The minimum Gasteiger partial charge on any atom is -0.219 e. The zero-order valence-corrected chi connectivity index (χ0v) is 16.7. The smallest absolute Gasteiger partial charge is 0.219 e. The SMILES string of the molecule is Cc1cc(C2=NSC(c3cc(Cl)cc(Cl)c3)(C(F)(F)F)C2)ccc1Br. The highest BCUT2D eigenvalue weighted by Gasteiger charge is 2.60. The van der Waals surface area contributed by atoms with Gasteiger partial charge in [0.1, 0.15) is 0 Å². The molecule has 0 aromatic heterocycles. The summed E-state index contributed by atoms with van der Waals surface area (Å²) in [6.07, 6.45) is -4.79. The molecule has 1 unspecified atom stereocenters. The highest BCUT2D eigenvalue weighted by atomic mass is 79.9. The molecule has 1 aliphatic rings. The van der Waals surface area contributed by atoms with Gasteiger partial charge in [-0.25, -0.2) is 4.40 Å².